The van der Waals surface area contributed by atoms with E-state index in [2.05, 4.69) is 0 Å². The zero-order valence-corrected chi connectivity index (χ0v) is 13.8. The highest BCUT2D eigenvalue weighted by atomic mass is 16.6. The standard InChI is InChI=1S/C18H20N2O4/c1-4-11-10(3)16(20)13(8-14(11)21)18(23)24-17(22)12-7-5-6-9(2)15(12)19/h5-8,21H,4,19-20H2,1-3H3. The van der Waals surface area contributed by atoms with Gasteiger partial charge in [-0.2, -0.15) is 0 Å². The number of ether oxygens (including phenoxy) is 1. The quantitative estimate of drug-likeness (QED) is 0.345. The Morgan fingerprint density at radius 2 is 1.71 bits per heavy atom. The van der Waals surface area contributed by atoms with E-state index in [0.29, 0.717) is 23.1 Å². The Hall–Kier alpha value is -3.02. The van der Waals surface area contributed by atoms with Crippen LogP contribution in [0.4, 0.5) is 11.4 Å². The summed E-state index contributed by atoms with van der Waals surface area (Å²) in [5.74, 6) is -1.85. The Bertz CT molecular complexity index is 828. The number of phenols is 1. The second-order valence-corrected chi connectivity index (χ2v) is 5.53. The number of carbonyl (C=O) groups excluding carboxylic acids is 2. The van der Waals surface area contributed by atoms with Crippen molar-refractivity contribution in [1.82, 2.24) is 0 Å². The fourth-order valence-corrected chi connectivity index (χ4v) is 2.53. The summed E-state index contributed by atoms with van der Waals surface area (Å²) >= 11 is 0. The summed E-state index contributed by atoms with van der Waals surface area (Å²) in [5, 5.41) is 10.0. The smallest absolute Gasteiger partial charge is 0.348 e. The maximum Gasteiger partial charge on any atom is 0.348 e. The largest absolute Gasteiger partial charge is 0.508 e. The van der Waals surface area contributed by atoms with Crippen LogP contribution < -0.4 is 11.5 Å². The van der Waals surface area contributed by atoms with Gasteiger partial charge in [-0.25, -0.2) is 9.59 Å². The van der Waals surface area contributed by atoms with Crippen LogP contribution in [0.15, 0.2) is 24.3 Å². The number of rotatable bonds is 3. The number of hydrogen-bond acceptors (Lipinski definition) is 6. The molecule has 0 aromatic heterocycles. The van der Waals surface area contributed by atoms with Crippen LogP contribution in [-0.4, -0.2) is 17.0 Å². The predicted molar refractivity (Wildman–Crippen MR) is 92.0 cm³/mol. The van der Waals surface area contributed by atoms with Gasteiger partial charge in [0.15, 0.2) is 0 Å². The third-order valence-electron chi connectivity index (χ3n) is 4.04. The minimum Gasteiger partial charge on any atom is -0.508 e. The molecule has 0 saturated carbocycles. The molecule has 0 aliphatic carbocycles. The highest BCUT2D eigenvalue weighted by Crippen LogP contribution is 2.30. The van der Waals surface area contributed by atoms with Crippen molar-refractivity contribution in [2.45, 2.75) is 27.2 Å². The molecule has 0 unspecified atom stereocenters. The van der Waals surface area contributed by atoms with E-state index in [1.165, 1.54) is 12.1 Å². The first-order chi connectivity index (χ1) is 11.3. The third kappa shape index (κ3) is 3.03. The zero-order chi connectivity index (χ0) is 18.0. The second kappa shape index (κ2) is 6.62. The number of esters is 2. The monoisotopic (exact) mass is 328 g/mol. The SMILES string of the molecule is CCc1c(O)cc(C(=O)OC(=O)c2cccc(C)c2N)c(N)c1C. The predicted octanol–water partition coefficient (Wildman–Crippen LogP) is 2.73. The van der Waals surface area contributed by atoms with Gasteiger partial charge in [-0.15, -0.1) is 0 Å². The van der Waals surface area contributed by atoms with Crippen molar-refractivity contribution in [3.8, 4) is 5.75 Å². The summed E-state index contributed by atoms with van der Waals surface area (Å²) in [6.45, 7) is 5.31. The Morgan fingerprint density at radius 1 is 1.08 bits per heavy atom. The summed E-state index contributed by atoms with van der Waals surface area (Å²) < 4.78 is 4.87. The number of aromatic hydroxyl groups is 1. The van der Waals surface area contributed by atoms with Crippen LogP contribution in [0, 0.1) is 13.8 Å². The van der Waals surface area contributed by atoms with Crippen LogP contribution in [0.2, 0.25) is 0 Å². The van der Waals surface area contributed by atoms with Crippen molar-refractivity contribution >= 4 is 23.3 Å². The van der Waals surface area contributed by atoms with E-state index in [-0.39, 0.29) is 28.3 Å². The number of anilines is 2. The number of nitrogen functional groups attached to an aromatic ring is 2. The maximum atomic E-state index is 12.3. The molecule has 2 rings (SSSR count). The van der Waals surface area contributed by atoms with Crippen LogP contribution in [0.3, 0.4) is 0 Å². The fraction of sp³-hybridized carbons (Fsp3) is 0.222. The van der Waals surface area contributed by atoms with Gasteiger partial charge in [0.1, 0.15) is 5.75 Å². The van der Waals surface area contributed by atoms with Gasteiger partial charge in [-0.1, -0.05) is 19.1 Å². The molecule has 0 bridgehead atoms. The molecule has 5 N–H and O–H groups in total. The summed E-state index contributed by atoms with van der Waals surface area (Å²) in [5.41, 5.74) is 14.2. The molecule has 0 radical (unpaired) electrons. The van der Waals surface area contributed by atoms with Gasteiger partial charge in [0.05, 0.1) is 11.1 Å². The molecular formula is C18H20N2O4. The molecule has 0 amide bonds. The van der Waals surface area contributed by atoms with E-state index in [0.717, 1.165) is 0 Å². The molecule has 0 spiro atoms. The van der Waals surface area contributed by atoms with Crippen molar-refractivity contribution < 1.29 is 19.4 Å². The fourth-order valence-electron chi connectivity index (χ4n) is 2.53. The number of carbonyl (C=O) groups is 2. The molecule has 0 aliphatic heterocycles. The van der Waals surface area contributed by atoms with Crippen molar-refractivity contribution in [2.24, 2.45) is 0 Å². The molecule has 2 aromatic rings. The van der Waals surface area contributed by atoms with Gasteiger partial charge in [0, 0.05) is 11.4 Å². The molecular weight excluding hydrogens is 308 g/mol. The van der Waals surface area contributed by atoms with E-state index in [1.807, 2.05) is 6.92 Å². The lowest BCUT2D eigenvalue weighted by atomic mass is 9.99. The number of nitrogens with two attached hydrogens (primary N) is 2. The molecule has 0 saturated heterocycles. The first kappa shape index (κ1) is 17.3. The molecule has 126 valence electrons. The minimum absolute atomic E-state index is 0.0539. The zero-order valence-electron chi connectivity index (χ0n) is 13.8. The first-order valence-electron chi connectivity index (χ1n) is 7.50. The van der Waals surface area contributed by atoms with Gasteiger partial charge in [0.25, 0.3) is 0 Å². The van der Waals surface area contributed by atoms with Gasteiger partial charge < -0.3 is 21.3 Å². The third-order valence-corrected chi connectivity index (χ3v) is 4.04. The van der Waals surface area contributed by atoms with Crippen LogP contribution in [0.25, 0.3) is 0 Å². The van der Waals surface area contributed by atoms with E-state index < -0.39 is 11.9 Å². The van der Waals surface area contributed by atoms with Crippen LogP contribution in [-0.2, 0) is 11.2 Å². The van der Waals surface area contributed by atoms with Crippen LogP contribution >= 0.6 is 0 Å². The number of benzene rings is 2. The Labute approximate surface area is 140 Å². The van der Waals surface area contributed by atoms with Crippen LogP contribution in [0.5, 0.6) is 5.75 Å². The molecule has 6 nitrogen and oxygen atoms in total. The molecule has 6 heteroatoms. The molecule has 0 heterocycles. The highest BCUT2D eigenvalue weighted by Gasteiger charge is 2.22. The Balaban J connectivity index is 2.34. The lowest BCUT2D eigenvalue weighted by molar-refractivity contribution is 0.0399. The lowest BCUT2D eigenvalue weighted by Gasteiger charge is -2.13. The number of aryl methyl sites for hydroxylation is 1. The highest BCUT2D eigenvalue weighted by molar-refractivity contribution is 6.07. The summed E-state index contributed by atoms with van der Waals surface area (Å²) in [4.78, 5) is 24.5. The second-order valence-electron chi connectivity index (χ2n) is 5.53. The van der Waals surface area contributed by atoms with Gasteiger partial charge >= 0.3 is 11.9 Å². The van der Waals surface area contributed by atoms with E-state index in [1.54, 1.807) is 26.0 Å². The minimum atomic E-state index is -0.931. The van der Waals surface area contributed by atoms with Gasteiger partial charge in [0.2, 0.25) is 0 Å². The van der Waals surface area contributed by atoms with Crippen molar-refractivity contribution in [3.05, 3.63) is 52.1 Å². The van der Waals surface area contributed by atoms with Gasteiger partial charge in [-0.05, 0) is 49.1 Å². The Kier molecular flexibility index (Phi) is 4.78. The first-order valence-corrected chi connectivity index (χ1v) is 7.50. The number of para-hydroxylation sites is 1. The van der Waals surface area contributed by atoms with E-state index >= 15 is 0 Å². The molecule has 24 heavy (non-hydrogen) atoms. The molecule has 0 aliphatic rings. The topological polar surface area (TPSA) is 116 Å². The van der Waals surface area contributed by atoms with E-state index in [9.17, 15) is 14.7 Å². The average molecular weight is 328 g/mol. The Morgan fingerprint density at radius 3 is 2.33 bits per heavy atom. The van der Waals surface area contributed by atoms with Crippen molar-refractivity contribution in [1.29, 1.82) is 0 Å². The van der Waals surface area contributed by atoms with Crippen molar-refractivity contribution in [2.75, 3.05) is 11.5 Å². The molecule has 0 atom stereocenters. The summed E-state index contributed by atoms with van der Waals surface area (Å²) in [6, 6.07) is 6.09. The summed E-state index contributed by atoms with van der Waals surface area (Å²) in [6.07, 6.45) is 0.565. The van der Waals surface area contributed by atoms with Crippen LogP contribution in [0.1, 0.15) is 44.3 Å². The lowest BCUT2D eigenvalue weighted by Crippen LogP contribution is -2.17. The normalized spacial score (nSPS) is 10.5. The van der Waals surface area contributed by atoms with Crippen molar-refractivity contribution in [3.63, 3.8) is 0 Å². The number of hydrogen-bond donors (Lipinski definition) is 3. The number of phenolic OH excluding ortho intramolecular Hbond substituents is 1. The average Bonchev–Trinajstić information content (AvgIpc) is 2.53. The van der Waals surface area contributed by atoms with Gasteiger partial charge in [-0.3, -0.25) is 0 Å². The summed E-state index contributed by atoms with van der Waals surface area (Å²) in [7, 11) is 0. The molecule has 0 fully saturated rings. The molecule has 2 aromatic carbocycles. The van der Waals surface area contributed by atoms with E-state index in [4.69, 9.17) is 16.2 Å². The maximum absolute atomic E-state index is 12.3.